The van der Waals surface area contributed by atoms with Gasteiger partial charge in [-0.15, -0.1) is 0 Å². The summed E-state index contributed by atoms with van der Waals surface area (Å²) in [5, 5.41) is 0.625. The fourth-order valence-electron chi connectivity index (χ4n) is 2.77. The number of rotatable bonds is 3. The summed E-state index contributed by atoms with van der Waals surface area (Å²) < 4.78 is 46.2. The van der Waals surface area contributed by atoms with E-state index in [4.69, 9.17) is 4.74 Å². The number of ether oxygens (including phenoxy) is 1. The smallest absolute Gasteiger partial charge is 0.416 e. The fraction of sp³-hybridized carbons (Fsp3) is 0.200. The molecule has 0 aliphatic carbocycles. The van der Waals surface area contributed by atoms with Crippen LogP contribution in [0.15, 0.2) is 69.7 Å². The van der Waals surface area contributed by atoms with Crippen LogP contribution in [0.1, 0.15) is 5.56 Å². The van der Waals surface area contributed by atoms with Crippen molar-refractivity contribution in [3.63, 3.8) is 0 Å². The summed E-state index contributed by atoms with van der Waals surface area (Å²) in [6.45, 7) is 1.44. The molecular formula is C20H16F3N3OS2. The van der Waals surface area contributed by atoms with E-state index in [1.54, 1.807) is 24.3 Å². The Bertz CT molecular complexity index is 1010. The average molecular weight is 435 g/mol. The van der Waals surface area contributed by atoms with Crippen LogP contribution in [0.2, 0.25) is 0 Å². The standard InChI is InChI=1S/C20H16F3N3OS2/c1-26-10-11-27-16-7-2-13(12-17(16)29-26)18-19(25-9-8-24-18)28-15-5-3-14(4-6-15)20(21,22)23/h2-9,12H,10-11H2,1H3. The molecule has 0 unspecified atom stereocenters. The van der Waals surface area contributed by atoms with E-state index in [1.165, 1.54) is 23.9 Å². The molecule has 0 saturated carbocycles. The van der Waals surface area contributed by atoms with Crippen molar-refractivity contribution in [3.8, 4) is 17.0 Å². The minimum Gasteiger partial charge on any atom is -0.491 e. The van der Waals surface area contributed by atoms with Gasteiger partial charge in [0.15, 0.2) is 0 Å². The van der Waals surface area contributed by atoms with Gasteiger partial charge < -0.3 is 4.74 Å². The molecule has 0 N–H and O–H groups in total. The van der Waals surface area contributed by atoms with Gasteiger partial charge in [-0.25, -0.2) is 9.29 Å². The van der Waals surface area contributed by atoms with Crippen LogP contribution in [0.5, 0.6) is 5.75 Å². The summed E-state index contributed by atoms with van der Waals surface area (Å²) in [6, 6.07) is 10.9. The fourth-order valence-corrected chi connectivity index (χ4v) is 4.54. The summed E-state index contributed by atoms with van der Waals surface area (Å²) in [5.74, 6) is 0.823. The zero-order valence-electron chi connectivity index (χ0n) is 15.3. The van der Waals surface area contributed by atoms with E-state index in [0.29, 0.717) is 22.2 Å². The van der Waals surface area contributed by atoms with Crippen LogP contribution >= 0.6 is 23.7 Å². The lowest BCUT2D eigenvalue weighted by molar-refractivity contribution is -0.137. The number of nitrogens with zero attached hydrogens (tertiary/aromatic N) is 3. The maximum atomic E-state index is 12.8. The Morgan fingerprint density at radius 2 is 1.83 bits per heavy atom. The highest BCUT2D eigenvalue weighted by Crippen LogP contribution is 2.39. The van der Waals surface area contributed by atoms with Crippen molar-refractivity contribution in [1.82, 2.24) is 14.3 Å². The molecular weight excluding hydrogens is 419 g/mol. The second-order valence-corrected chi connectivity index (χ2v) is 8.60. The Morgan fingerprint density at radius 3 is 2.59 bits per heavy atom. The van der Waals surface area contributed by atoms with Gasteiger partial charge in [0.1, 0.15) is 23.1 Å². The van der Waals surface area contributed by atoms with Crippen LogP contribution in [0.4, 0.5) is 13.2 Å². The van der Waals surface area contributed by atoms with E-state index in [0.717, 1.165) is 34.9 Å². The first-order valence-electron chi connectivity index (χ1n) is 8.72. The zero-order chi connectivity index (χ0) is 20.4. The topological polar surface area (TPSA) is 38.2 Å². The van der Waals surface area contributed by atoms with Crippen molar-refractivity contribution in [2.45, 2.75) is 21.0 Å². The molecule has 9 heteroatoms. The molecule has 2 aromatic carbocycles. The van der Waals surface area contributed by atoms with Gasteiger partial charge in [0, 0.05) is 29.4 Å². The lowest BCUT2D eigenvalue weighted by Gasteiger charge is -2.12. The largest absolute Gasteiger partial charge is 0.491 e. The van der Waals surface area contributed by atoms with Gasteiger partial charge in [-0.2, -0.15) is 13.2 Å². The van der Waals surface area contributed by atoms with Gasteiger partial charge in [0.05, 0.1) is 10.5 Å². The highest BCUT2D eigenvalue weighted by atomic mass is 32.2. The van der Waals surface area contributed by atoms with E-state index in [9.17, 15) is 13.2 Å². The third kappa shape index (κ3) is 4.68. The molecule has 0 fully saturated rings. The molecule has 1 aliphatic heterocycles. The quantitative estimate of drug-likeness (QED) is 0.496. The molecule has 1 aliphatic rings. The molecule has 0 atom stereocenters. The van der Waals surface area contributed by atoms with Gasteiger partial charge in [0.25, 0.3) is 0 Å². The second kappa shape index (κ2) is 8.25. The third-order valence-electron chi connectivity index (χ3n) is 4.20. The predicted octanol–water partition coefficient (Wildman–Crippen LogP) is 5.64. The number of hydrogen-bond acceptors (Lipinski definition) is 6. The predicted molar refractivity (Wildman–Crippen MR) is 107 cm³/mol. The van der Waals surface area contributed by atoms with Crippen LogP contribution in [0.3, 0.4) is 0 Å². The van der Waals surface area contributed by atoms with Gasteiger partial charge in [-0.1, -0.05) is 11.8 Å². The Morgan fingerprint density at radius 1 is 1.07 bits per heavy atom. The summed E-state index contributed by atoms with van der Waals surface area (Å²) in [7, 11) is 2.00. The highest BCUT2D eigenvalue weighted by molar-refractivity contribution is 7.99. The van der Waals surface area contributed by atoms with Crippen molar-refractivity contribution >= 4 is 23.7 Å². The summed E-state index contributed by atoms with van der Waals surface area (Å²) in [5.41, 5.74) is 0.874. The first-order chi connectivity index (χ1) is 13.9. The molecule has 3 aromatic rings. The zero-order valence-corrected chi connectivity index (χ0v) is 16.9. The SMILES string of the molecule is CN1CCOc2ccc(-c3nccnc3Sc3ccc(C(F)(F)F)cc3)cc2S1. The summed E-state index contributed by atoms with van der Waals surface area (Å²) in [6.07, 6.45) is -1.17. The average Bonchev–Trinajstić information content (AvgIpc) is 2.88. The van der Waals surface area contributed by atoms with Crippen molar-refractivity contribution in [2.75, 3.05) is 20.2 Å². The van der Waals surface area contributed by atoms with Crippen molar-refractivity contribution in [1.29, 1.82) is 0 Å². The number of likely N-dealkylation sites (N-methyl/N-ethyl adjacent to an activating group) is 1. The Hall–Kier alpha value is -2.23. The number of aromatic nitrogens is 2. The Balaban J connectivity index is 1.64. The van der Waals surface area contributed by atoms with E-state index in [1.807, 2.05) is 25.2 Å². The molecule has 1 aromatic heterocycles. The number of fused-ring (bicyclic) bond motifs is 1. The van der Waals surface area contributed by atoms with E-state index < -0.39 is 11.7 Å². The van der Waals surface area contributed by atoms with Crippen LogP contribution in [0.25, 0.3) is 11.3 Å². The molecule has 0 spiro atoms. The first-order valence-corrected chi connectivity index (χ1v) is 10.3. The maximum absolute atomic E-state index is 12.8. The molecule has 0 bridgehead atoms. The van der Waals surface area contributed by atoms with E-state index >= 15 is 0 Å². The van der Waals surface area contributed by atoms with Crippen LogP contribution < -0.4 is 4.74 Å². The van der Waals surface area contributed by atoms with Crippen molar-refractivity contribution in [3.05, 3.63) is 60.4 Å². The minimum atomic E-state index is -4.35. The highest BCUT2D eigenvalue weighted by Gasteiger charge is 2.30. The Labute approximate surface area is 174 Å². The Kier molecular flexibility index (Phi) is 5.71. The molecule has 150 valence electrons. The van der Waals surface area contributed by atoms with Gasteiger partial charge in [0.2, 0.25) is 0 Å². The molecule has 0 amide bonds. The second-order valence-electron chi connectivity index (χ2n) is 6.29. The molecule has 29 heavy (non-hydrogen) atoms. The number of benzene rings is 2. The third-order valence-corrected chi connectivity index (χ3v) is 6.21. The molecule has 4 rings (SSSR count). The van der Waals surface area contributed by atoms with Crippen LogP contribution in [-0.4, -0.2) is 34.5 Å². The normalized spacial score (nSPS) is 14.8. The molecule has 2 heterocycles. The van der Waals surface area contributed by atoms with E-state index in [-0.39, 0.29) is 0 Å². The van der Waals surface area contributed by atoms with Gasteiger partial charge in [-0.3, -0.25) is 4.98 Å². The molecule has 4 nitrogen and oxygen atoms in total. The van der Waals surface area contributed by atoms with Crippen LogP contribution in [-0.2, 0) is 6.18 Å². The number of alkyl halides is 3. The van der Waals surface area contributed by atoms with E-state index in [2.05, 4.69) is 14.3 Å². The lowest BCUT2D eigenvalue weighted by atomic mass is 10.1. The van der Waals surface area contributed by atoms with Gasteiger partial charge >= 0.3 is 6.18 Å². The molecule has 0 saturated heterocycles. The number of hydrogen-bond donors (Lipinski definition) is 0. The maximum Gasteiger partial charge on any atom is 0.416 e. The molecule has 0 radical (unpaired) electrons. The summed E-state index contributed by atoms with van der Waals surface area (Å²) in [4.78, 5) is 10.5. The number of halogens is 3. The van der Waals surface area contributed by atoms with Gasteiger partial charge in [-0.05, 0) is 61.5 Å². The summed E-state index contributed by atoms with van der Waals surface area (Å²) >= 11 is 2.88. The lowest BCUT2D eigenvalue weighted by Crippen LogP contribution is -2.14. The van der Waals surface area contributed by atoms with Crippen molar-refractivity contribution < 1.29 is 17.9 Å². The first kappa shape index (κ1) is 20.1. The van der Waals surface area contributed by atoms with Crippen molar-refractivity contribution in [2.24, 2.45) is 0 Å². The van der Waals surface area contributed by atoms with Crippen LogP contribution in [0, 0.1) is 0 Å². The minimum absolute atomic E-state index is 0.621. The monoisotopic (exact) mass is 435 g/mol.